The third-order valence-electron chi connectivity index (χ3n) is 4.20. The Hall–Kier alpha value is -3.74. The number of esters is 1. The number of carbonyl (C=O) groups is 2. The third kappa shape index (κ3) is 5.16. The van der Waals surface area contributed by atoms with Gasteiger partial charge in [-0.05, 0) is 54.4 Å². The smallest absolute Gasteiger partial charge is 0.337 e. The monoisotopic (exact) mass is 394 g/mol. The van der Waals surface area contributed by atoms with Crippen LogP contribution in [0.4, 0.5) is 4.39 Å². The van der Waals surface area contributed by atoms with E-state index in [-0.39, 0.29) is 18.1 Å². The highest BCUT2D eigenvalue weighted by Gasteiger charge is 2.11. The molecule has 1 heterocycles. The number of hydrogen-bond donors (Lipinski definition) is 1. The standard InChI is InChI=1S/C22H19FN2O4/c1-14-11-16(22(27)28-2)5-9-19(14)20-10-8-18(29-20)13-24-25-21(26)12-15-3-6-17(23)7-4-15/h3-11,13H,12H2,1-2H3,(H,25,26)/b24-13+. The zero-order chi connectivity index (χ0) is 20.8. The molecule has 3 rings (SSSR count). The molecule has 29 heavy (non-hydrogen) atoms. The van der Waals surface area contributed by atoms with Crippen LogP contribution in [0.5, 0.6) is 0 Å². The first-order valence-corrected chi connectivity index (χ1v) is 8.82. The Morgan fingerprint density at radius 1 is 1.14 bits per heavy atom. The van der Waals surface area contributed by atoms with Crippen molar-refractivity contribution in [3.8, 4) is 11.3 Å². The number of methoxy groups -OCH3 is 1. The van der Waals surface area contributed by atoms with Crippen molar-refractivity contribution in [3.05, 3.63) is 82.9 Å². The molecule has 0 bridgehead atoms. The van der Waals surface area contributed by atoms with E-state index >= 15 is 0 Å². The van der Waals surface area contributed by atoms with E-state index < -0.39 is 5.97 Å². The van der Waals surface area contributed by atoms with Crippen LogP contribution in [0.3, 0.4) is 0 Å². The van der Waals surface area contributed by atoms with E-state index in [1.54, 1.807) is 42.5 Å². The molecule has 0 aliphatic rings. The number of furan rings is 1. The summed E-state index contributed by atoms with van der Waals surface area (Å²) in [6.45, 7) is 1.87. The number of nitrogens with zero attached hydrogens (tertiary/aromatic N) is 1. The summed E-state index contributed by atoms with van der Waals surface area (Å²) in [5.74, 6) is -0.00955. The van der Waals surface area contributed by atoms with E-state index in [0.717, 1.165) is 11.1 Å². The van der Waals surface area contributed by atoms with Gasteiger partial charge < -0.3 is 9.15 Å². The van der Waals surface area contributed by atoms with Gasteiger partial charge in [-0.25, -0.2) is 14.6 Å². The van der Waals surface area contributed by atoms with Crippen LogP contribution in [0.2, 0.25) is 0 Å². The van der Waals surface area contributed by atoms with Crippen molar-refractivity contribution in [1.29, 1.82) is 0 Å². The van der Waals surface area contributed by atoms with E-state index in [1.165, 1.54) is 25.5 Å². The van der Waals surface area contributed by atoms with Crippen molar-refractivity contribution >= 4 is 18.1 Å². The topological polar surface area (TPSA) is 80.9 Å². The lowest BCUT2D eigenvalue weighted by Crippen LogP contribution is -2.19. The number of ether oxygens (including phenoxy) is 1. The minimum Gasteiger partial charge on any atom is -0.465 e. The van der Waals surface area contributed by atoms with Crippen molar-refractivity contribution in [2.45, 2.75) is 13.3 Å². The zero-order valence-electron chi connectivity index (χ0n) is 15.9. The number of carbonyl (C=O) groups excluding carboxylic acids is 2. The Morgan fingerprint density at radius 3 is 2.59 bits per heavy atom. The van der Waals surface area contributed by atoms with Gasteiger partial charge in [-0.1, -0.05) is 18.2 Å². The van der Waals surface area contributed by atoms with Gasteiger partial charge in [0.15, 0.2) is 0 Å². The van der Waals surface area contributed by atoms with Crippen molar-refractivity contribution in [1.82, 2.24) is 5.43 Å². The van der Waals surface area contributed by atoms with Crippen molar-refractivity contribution in [3.63, 3.8) is 0 Å². The summed E-state index contributed by atoms with van der Waals surface area (Å²) in [7, 11) is 1.34. The molecule has 0 radical (unpaired) electrons. The van der Waals surface area contributed by atoms with Crippen LogP contribution in [0.25, 0.3) is 11.3 Å². The normalized spacial score (nSPS) is 10.9. The van der Waals surface area contributed by atoms with E-state index in [2.05, 4.69) is 10.5 Å². The molecule has 6 nitrogen and oxygen atoms in total. The number of nitrogens with one attached hydrogen (secondary N) is 1. The number of rotatable bonds is 6. The van der Waals surface area contributed by atoms with Gasteiger partial charge in [-0.3, -0.25) is 4.79 Å². The minimum absolute atomic E-state index is 0.0900. The quantitative estimate of drug-likeness (QED) is 0.391. The van der Waals surface area contributed by atoms with Crippen LogP contribution in [0, 0.1) is 12.7 Å². The summed E-state index contributed by atoms with van der Waals surface area (Å²) in [5, 5.41) is 3.88. The summed E-state index contributed by atoms with van der Waals surface area (Å²) < 4.78 is 23.3. The van der Waals surface area contributed by atoms with Gasteiger partial charge in [0.2, 0.25) is 5.91 Å². The lowest BCUT2D eigenvalue weighted by Gasteiger charge is -2.05. The van der Waals surface area contributed by atoms with Gasteiger partial charge in [-0.2, -0.15) is 5.10 Å². The van der Waals surface area contributed by atoms with E-state index in [9.17, 15) is 14.0 Å². The van der Waals surface area contributed by atoms with Crippen LogP contribution in [0.1, 0.15) is 27.2 Å². The fourth-order valence-electron chi connectivity index (χ4n) is 2.75. The summed E-state index contributed by atoms with van der Waals surface area (Å²) in [6, 6.07) is 14.4. The number of aryl methyl sites for hydroxylation is 1. The number of amides is 1. The molecule has 0 atom stereocenters. The molecular weight excluding hydrogens is 375 g/mol. The van der Waals surface area contributed by atoms with Gasteiger partial charge in [0.1, 0.15) is 17.3 Å². The maximum absolute atomic E-state index is 12.9. The molecule has 0 saturated carbocycles. The molecule has 0 spiro atoms. The Morgan fingerprint density at radius 2 is 1.90 bits per heavy atom. The molecule has 1 aromatic heterocycles. The van der Waals surface area contributed by atoms with E-state index in [4.69, 9.17) is 9.15 Å². The highest BCUT2D eigenvalue weighted by Crippen LogP contribution is 2.26. The Kier molecular flexibility index (Phi) is 6.19. The summed E-state index contributed by atoms with van der Waals surface area (Å²) >= 11 is 0. The first-order chi connectivity index (χ1) is 14.0. The SMILES string of the molecule is COC(=O)c1ccc(-c2ccc(/C=N/NC(=O)Cc3ccc(F)cc3)o2)c(C)c1. The van der Waals surface area contributed by atoms with Gasteiger partial charge in [0.25, 0.3) is 0 Å². The molecule has 148 valence electrons. The molecular formula is C22H19FN2O4. The zero-order valence-corrected chi connectivity index (χ0v) is 15.9. The van der Waals surface area contributed by atoms with Crippen LogP contribution in [-0.4, -0.2) is 25.2 Å². The highest BCUT2D eigenvalue weighted by atomic mass is 19.1. The lowest BCUT2D eigenvalue weighted by molar-refractivity contribution is -0.120. The number of hydrogen-bond acceptors (Lipinski definition) is 5. The first kappa shape index (κ1) is 20.0. The molecule has 0 fully saturated rings. The molecule has 3 aromatic rings. The molecule has 2 aromatic carbocycles. The van der Waals surface area contributed by atoms with Gasteiger partial charge in [-0.15, -0.1) is 0 Å². The Labute approximate surface area is 167 Å². The maximum atomic E-state index is 12.9. The maximum Gasteiger partial charge on any atom is 0.337 e. The average Bonchev–Trinajstić information content (AvgIpc) is 3.17. The van der Waals surface area contributed by atoms with Crippen LogP contribution in [0.15, 0.2) is 64.1 Å². The average molecular weight is 394 g/mol. The first-order valence-electron chi connectivity index (χ1n) is 8.82. The van der Waals surface area contributed by atoms with Crippen LogP contribution < -0.4 is 5.43 Å². The van der Waals surface area contributed by atoms with E-state index in [1.807, 2.05) is 6.92 Å². The van der Waals surface area contributed by atoms with Gasteiger partial charge in [0.05, 0.1) is 25.3 Å². The second-order valence-electron chi connectivity index (χ2n) is 6.32. The van der Waals surface area contributed by atoms with Crippen molar-refractivity contribution < 1.29 is 23.1 Å². The molecule has 1 N–H and O–H groups in total. The largest absolute Gasteiger partial charge is 0.465 e. The Balaban J connectivity index is 1.62. The van der Waals surface area contributed by atoms with E-state index in [0.29, 0.717) is 22.6 Å². The predicted octanol–water partition coefficient (Wildman–Crippen LogP) is 3.87. The molecule has 0 unspecified atom stereocenters. The second-order valence-corrected chi connectivity index (χ2v) is 6.32. The number of hydrazone groups is 1. The minimum atomic E-state index is -0.400. The third-order valence-corrected chi connectivity index (χ3v) is 4.20. The predicted molar refractivity (Wildman–Crippen MR) is 106 cm³/mol. The lowest BCUT2D eigenvalue weighted by atomic mass is 10.0. The molecule has 1 amide bonds. The van der Waals surface area contributed by atoms with Gasteiger partial charge in [0, 0.05) is 5.56 Å². The molecule has 0 aliphatic heterocycles. The number of halogens is 1. The second kappa shape index (κ2) is 8.97. The fraction of sp³-hybridized carbons (Fsp3) is 0.136. The van der Waals surface area contributed by atoms with Crippen molar-refractivity contribution in [2.24, 2.45) is 5.10 Å². The fourth-order valence-corrected chi connectivity index (χ4v) is 2.75. The summed E-state index contributed by atoms with van der Waals surface area (Å²) in [6.07, 6.45) is 1.48. The molecule has 0 saturated heterocycles. The highest BCUT2D eigenvalue weighted by molar-refractivity contribution is 5.90. The molecule has 0 aliphatic carbocycles. The molecule has 7 heteroatoms. The summed E-state index contributed by atoms with van der Waals surface area (Å²) in [5.41, 5.74) is 5.25. The Bertz CT molecular complexity index is 1050. The van der Waals surface area contributed by atoms with Crippen molar-refractivity contribution in [2.75, 3.05) is 7.11 Å². The van der Waals surface area contributed by atoms with Gasteiger partial charge >= 0.3 is 5.97 Å². The van der Waals surface area contributed by atoms with Crippen LogP contribution in [-0.2, 0) is 16.0 Å². The number of benzene rings is 2. The summed E-state index contributed by atoms with van der Waals surface area (Å²) in [4.78, 5) is 23.5. The van der Waals surface area contributed by atoms with Crippen LogP contribution >= 0.6 is 0 Å².